The van der Waals surface area contributed by atoms with E-state index in [-0.39, 0.29) is 44.2 Å². The Kier molecular flexibility index (Phi) is 9.37. The molecule has 262 valence electrons. The number of esters is 1. The molecule has 1 aliphatic carbocycles. The molecule has 51 heavy (non-hydrogen) atoms. The lowest BCUT2D eigenvalue weighted by Crippen LogP contribution is -2.40. The fourth-order valence-corrected chi connectivity index (χ4v) is 10.8. The molecule has 1 atom stereocenters. The van der Waals surface area contributed by atoms with Crippen molar-refractivity contribution in [2.45, 2.75) is 49.9 Å². The number of benzene rings is 4. The maximum atomic E-state index is 14.4. The van der Waals surface area contributed by atoms with Crippen LogP contribution in [0.25, 0.3) is 32.7 Å². The van der Waals surface area contributed by atoms with Crippen molar-refractivity contribution in [3.8, 4) is 32.7 Å². The summed E-state index contributed by atoms with van der Waals surface area (Å²) in [5.74, 6) is -1.02. The molecule has 1 amide bonds. The molecule has 1 aliphatic heterocycles. The molecule has 4 aromatic carbocycles. The van der Waals surface area contributed by atoms with Gasteiger partial charge in [-0.3, -0.25) is 4.79 Å². The molecule has 2 aliphatic rings. The van der Waals surface area contributed by atoms with Gasteiger partial charge >= 0.3 is 12.1 Å². The summed E-state index contributed by atoms with van der Waals surface area (Å²) in [6.07, 6.45) is -0.880. The number of hydrogen-bond donors (Lipinski definition) is 0. The van der Waals surface area contributed by atoms with Crippen molar-refractivity contribution >= 4 is 33.2 Å². The van der Waals surface area contributed by atoms with E-state index in [1.54, 1.807) is 20.8 Å². The third-order valence-corrected chi connectivity index (χ3v) is 13.7. The van der Waals surface area contributed by atoms with Crippen molar-refractivity contribution < 1.29 is 27.5 Å². The van der Waals surface area contributed by atoms with E-state index in [0.29, 0.717) is 4.88 Å². The van der Waals surface area contributed by atoms with Crippen LogP contribution in [0, 0.1) is 0 Å². The Labute approximate surface area is 303 Å². The molecular weight excluding hydrogens is 679 g/mol. The Hall–Kier alpha value is -4.73. The topological polar surface area (TPSA) is 90.0 Å². The lowest BCUT2D eigenvalue weighted by molar-refractivity contribution is -0.155. The van der Waals surface area contributed by atoms with Crippen LogP contribution in [0.4, 0.5) is 4.79 Å². The molecule has 1 fully saturated rings. The van der Waals surface area contributed by atoms with E-state index in [9.17, 15) is 18.0 Å². The third-order valence-electron chi connectivity index (χ3n) is 9.79. The molecule has 0 N–H and O–H groups in total. The van der Waals surface area contributed by atoms with Gasteiger partial charge in [-0.05, 0) is 78.3 Å². The summed E-state index contributed by atoms with van der Waals surface area (Å²) in [6, 6.07) is 38.2. The molecule has 0 spiro atoms. The van der Waals surface area contributed by atoms with Gasteiger partial charge in [-0.1, -0.05) is 103 Å². The van der Waals surface area contributed by atoms with E-state index in [0.717, 1.165) is 43.8 Å². The number of ether oxygens (including phenoxy) is 2. The summed E-state index contributed by atoms with van der Waals surface area (Å²) in [7, 11) is -3.95. The maximum absolute atomic E-state index is 14.4. The Morgan fingerprint density at radius 1 is 0.765 bits per heavy atom. The second-order valence-corrected chi connectivity index (χ2v) is 17.7. The fourth-order valence-electron chi connectivity index (χ4n) is 7.24. The molecule has 1 saturated heterocycles. The van der Waals surface area contributed by atoms with Gasteiger partial charge in [0, 0.05) is 28.8 Å². The van der Waals surface area contributed by atoms with Crippen molar-refractivity contribution in [2.75, 3.05) is 25.4 Å². The molecule has 2 heterocycles. The lowest BCUT2D eigenvalue weighted by atomic mass is 9.97. The SMILES string of the molecule is CC(C)(C)OC(=O)CC1(c2ccc(-c3ccc(-c4ccccc4)cc3)s2)CCN(C(=O)OCC2c3ccccc3-c3ccccc32)CCS1(=O)=O. The number of hydrogen-bond acceptors (Lipinski definition) is 7. The van der Waals surface area contributed by atoms with E-state index in [1.807, 2.05) is 66.7 Å². The van der Waals surface area contributed by atoms with Gasteiger partial charge < -0.3 is 14.4 Å². The molecule has 0 saturated carbocycles. The average molecular weight is 720 g/mol. The number of carbonyl (C=O) groups excluding carboxylic acids is 2. The molecule has 7 rings (SSSR count). The number of nitrogens with zero attached hydrogens (tertiary/aromatic N) is 1. The largest absolute Gasteiger partial charge is 0.460 e. The summed E-state index contributed by atoms with van der Waals surface area (Å²) in [5, 5.41) is 0. The molecule has 5 aromatic rings. The highest BCUT2D eigenvalue weighted by Crippen LogP contribution is 2.47. The maximum Gasteiger partial charge on any atom is 0.409 e. The van der Waals surface area contributed by atoms with Crippen LogP contribution < -0.4 is 0 Å². The first-order valence-electron chi connectivity index (χ1n) is 17.2. The molecule has 1 unspecified atom stereocenters. The Balaban J connectivity index is 1.14. The first-order valence-corrected chi connectivity index (χ1v) is 19.7. The first kappa shape index (κ1) is 34.7. The van der Waals surface area contributed by atoms with E-state index in [4.69, 9.17) is 9.47 Å². The van der Waals surface area contributed by atoms with Crippen LogP contribution in [0.2, 0.25) is 0 Å². The second kappa shape index (κ2) is 13.8. The fraction of sp³-hybridized carbons (Fsp3) is 0.286. The van der Waals surface area contributed by atoms with Crippen LogP contribution in [-0.2, 0) is 28.9 Å². The van der Waals surface area contributed by atoms with Crippen LogP contribution in [0.15, 0.2) is 115 Å². The summed E-state index contributed by atoms with van der Waals surface area (Å²) in [4.78, 5) is 30.0. The highest BCUT2D eigenvalue weighted by molar-refractivity contribution is 7.92. The van der Waals surface area contributed by atoms with Gasteiger partial charge in [0.25, 0.3) is 0 Å². The van der Waals surface area contributed by atoms with Gasteiger partial charge in [0.15, 0.2) is 9.84 Å². The summed E-state index contributed by atoms with van der Waals surface area (Å²) in [6.45, 7) is 5.50. The van der Waals surface area contributed by atoms with Crippen LogP contribution in [-0.4, -0.2) is 56.4 Å². The summed E-state index contributed by atoms with van der Waals surface area (Å²) in [5.41, 5.74) is 6.81. The van der Waals surface area contributed by atoms with Gasteiger partial charge in [0.2, 0.25) is 0 Å². The predicted molar refractivity (Wildman–Crippen MR) is 202 cm³/mol. The number of fused-ring (bicyclic) bond motifs is 3. The van der Waals surface area contributed by atoms with Crippen molar-refractivity contribution in [2.24, 2.45) is 0 Å². The predicted octanol–water partition coefficient (Wildman–Crippen LogP) is 9.08. The van der Waals surface area contributed by atoms with E-state index in [2.05, 4.69) is 48.5 Å². The van der Waals surface area contributed by atoms with Crippen LogP contribution in [0.1, 0.15) is 55.5 Å². The molecule has 7 nitrogen and oxygen atoms in total. The first-order chi connectivity index (χ1) is 24.4. The molecular formula is C42H41NO6S2. The monoisotopic (exact) mass is 719 g/mol. The smallest absolute Gasteiger partial charge is 0.409 e. The van der Waals surface area contributed by atoms with Gasteiger partial charge in [-0.15, -0.1) is 11.3 Å². The number of sulfone groups is 1. The third kappa shape index (κ3) is 6.97. The zero-order valence-corrected chi connectivity index (χ0v) is 30.6. The van der Waals surface area contributed by atoms with Crippen LogP contribution >= 0.6 is 11.3 Å². The van der Waals surface area contributed by atoms with E-state index < -0.39 is 32.2 Å². The summed E-state index contributed by atoms with van der Waals surface area (Å²) < 4.78 is 38.9. The van der Waals surface area contributed by atoms with Crippen molar-refractivity contribution in [3.63, 3.8) is 0 Å². The van der Waals surface area contributed by atoms with Crippen molar-refractivity contribution in [1.29, 1.82) is 0 Å². The Bertz CT molecular complexity index is 2120. The number of thiophene rings is 1. The highest BCUT2D eigenvalue weighted by Gasteiger charge is 2.51. The quantitative estimate of drug-likeness (QED) is 0.156. The van der Waals surface area contributed by atoms with E-state index in [1.165, 1.54) is 16.2 Å². The zero-order chi connectivity index (χ0) is 35.8. The number of rotatable bonds is 7. The van der Waals surface area contributed by atoms with Gasteiger partial charge in [-0.2, -0.15) is 0 Å². The van der Waals surface area contributed by atoms with Gasteiger partial charge in [-0.25, -0.2) is 13.2 Å². The minimum absolute atomic E-state index is 0.0334. The minimum Gasteiger partial charge on any atom is -0.460 e. The van der Waals surface area contributed by atoms with E-state index >= 15 is 0 Å². The average Bonchev–Trinajstić information content (AvgIpc) is 3.70. The number of amides is 1. The minimum atomic E-state index is -3.95. The second-order valence-electron chi connectivity index (χ2n) is 14.2. The standard InChI is InChI=1S/C42H41NO6S2/c1-41(2,3)49-39(44)27-42(38-22-21-37(50-38)31-19-17-30(18-20-31)29-11-5-4-6-12-29)23-24-43(25-26-51(42,46)47)40(45)48-28-36-34-15-9-7-13-32(34)33-14-8-10-16-35(33)36/h4-22,36H,23-28H2,1-3H3. The number of carbonyl (C=O) groups is 2. The lowest BCUT2D eigenvalue weighted by Gasteiger charge is -2.31. The van der Waals surface area contributed by atoms with Gasteiger partial charge in [0.1, 0.15) is 17.0 Å². The highest BCUT2D eigenvalue weighted by atomic mass is 32.2. The van der Waals surface area contributed by atoms with Crippen molar-refractivity contribution in [3.05, 3.63) is 131 Å². The Morgan fingerprint density at radius 2 is 1.35 bits per heavy atom. The van der Waals surface area contributed by atoms with Crippen molar-refractivity contribution in [1.82, 2.24) is 4.90 Å². The molecule has 9 heteroatoms. The van der Waals surface area contributed by atoms with Crippen LogP contribution in [0.3, 0.4) is 0 Å². The van der Waals surface area contributed by atoms with Gasteiger partial charge in [0.05, 0.1) is 12.2 Å². The summed E-state index contributed by atoms with van der Waals surface area (Å²) >= 11 is 1.37. The molecule has 1 aromatic heterocycles. The molecule has 0 bridgehead atoms. The Morgan fingerprint density at radius 3 is 2.00 bits per heavy atom. The molecule has 0 radical (unpaired) electrons. The van der Waals surface area contributed by atoms with Crippen LogP contribution in [0.5, 0.6) is 0 Å². The zero-order valence-electron chi connectivity index (χ0n) is 29.0. The normalized spacial score (nSPS) is 18.4.